The molecular formula is C18H21NO2. The molecule has 3 nitrogen and oxygen atoms in total. The van der Waals surface area contributed by atoms with Crippen LogP contribution in [0.2, 0.25) is 0 Å². The molecule has 2 aromatic rings. The van der Waals surface area contributed by atoms with E-state index in [1.165, 1.54) is 11.1 Å². The van der Waals surface area contributed by atoms with Crippen LogP contribution in [0.1, 0.15) is 30.4 Å². The first-order chi connectivity index (χ1) is 10.2. The number of aliphatic hydroxyl groups is 1. The number of carbonyl (C=O) groups is 1. The summed E-state index contributed by atoms with van der Waals surface area (Å²) in [6.07, 6.45) is -0.479. The Labute approximate surface area is 125 Å². The summed E-state index contributed by atoms with van der Waals surface area (Å²) in [5.41, 5.74) is 2.34. The average Bonchev–Trinajstić information content (AvgIpc) is 2.49. The quantitative estimate of drug-likeness (QED) is 0.856. The standard InChI is InChI=1S/C18H21NO2/c1-14(20)12-18(21)19-13-17(15-8-4-2-5-9-15)16-10-6-3-7-11-16/h2-11,14,17,20H,12-13H2,1H3,(H,19,21). The van der Waals surface area contributed by atoms with Crippen molar-refractivity contribution in [3.63, 3.8) is 0 Å². The largest absolute Gasteiger partial charge is 0.393 e. The zero-order valence-corrected chi connectivity index (χ0v) is 12.2. The SMILES string of the molecule is CC(O)CC(=O)NCC(c1ccccc1)c1ccccc1. The van der Waals surface area contributed by atoms with Gasteiger partial charge in [0.1, 0.15) is 0 Å². The Morgan fingerprint density at radius 1 is 1.00 bits per heavy atom. The summed E-state index contributed by atoms with van der Waals surface area (Å²) in [7, 11) is 0. The van der Waals surface area contributed by atoms with Crippen LogP contribution in [-0.2, 0) is 4.79 Å². The molecule has 21 heavy (non-hydrogen) atoms. The van der Waals surface area contributed by atoms with Gasteiger partial charge in [0.05, 0.1) is 12.5 Å². The molecule has 3 heteroatoms. The number of rotatable bonds is 6. The molecule has 0 heterocycles. The van der Waals surface area contributed by atoms with Gasteiger partial charge in [-0.25, -0.2) is 0 Å². The first kappa shape index (κ1) is 15.3. The van der Waals surface area contributed by atoms with Crippen LogP contribution in [0.4, 0.5) is 0 Å². The van der Waals surface area contributed by atoms with Gasteiger partial charge in [-0.2, -0.15) is 0 Å². The first-order valence-corrected chi connectivity index (χ1v) is 7.21. The van der Waals surface area contributed by atoms with Crippen LogP contribution in [0.15, 0.2) is 60.7 Å². The fraction of sp³-hybridized carbons (Fsp3) is 0.278. The van der Waals surface area contributed by atoms with Crippen molar-refractivity contribution in [2.24, 2.45) is 0 Å². The fourth-order valence-electron chi connectivity index (χ4n) is 2.36. The Hall–Kier alpha value is -2.13. The highest BCUT2D eigenvalue weighted by Gasteiger charge is 2.15. The van der Waals surface area contributed by atoms with E-state index in [4.69, 9.17) is 0 Å². The summed E-state index contributed by atoms with van der Waals surface area (Å²) in [5, 5.41) is 12.2. The van der Waals surface area contributed by atoms with Gasteiger partial charge in [0.15, 0.2) is 0 Å². The van der Waals surface area contributed by atoms with Crippen LogP contribution in [0.5, 0.6) is 0 Å². The van der Waals surface area contributed by atoms with Gasteiger partial charge in [0, 0.05) is 12.5 Å². The van der Waals surface area contributed by atoms with Crippen molar-refractivity contribution in [3.8, 4) is 0 Å². The maximum absolute atomic E-state index is 11.7. The summed E-state index contributed by atoms with van der Waals surface area (Å²) in [6.45, 7) is 2.14. The Morgan fingerprint density at radius 2 is 1.48 bits per heavy atom. The van der Waals surface area contributed by atoms with Crippen molar-refractivity contribution >= 4 is 5.91 Å². The molecule has 0 aliphatic heterocycles. The lowest BCUT2D eigenvalue weighted by atomic mass is 9.91. The monoisotopic (exact) mass is 283 g/mol. The summed E-state index contributed by atoms with van der Waals surface area (Å²) in [6, 6.07) is 20.3. The third kappa shape index (κ3) is 4.72. The first-order valence-electron chi connectivity index (χ1n) is 7.21. The van der Waals surface area contributed by atoms with E-state index in [-0.39, 0.29) is 18.2 Å². The van der Waals surface area contributed by atoms with E-state index in [9.17, 15) is 9.90 Å². The number of carbonyl (C=O) groups excluding carboxylic acids is 1. The predicted molar refractivity (Wildman–Crippen MR) is 84.0 cm³/mol. The molecule has 0 radical (unpaired) electrons. The van der Waals surface area contributed by atoms with Gasteiger partial charge < -0.3 is 10.4 Å². The Kier molecular flexibility index (Phi) is 5.52. The molecule has 0 aliphatic rings. The number of benzene rings is 2. The lowest BCUT2D eigenvalue weighted by molar-refractivity contribution is -0.122. The van der Waals surface area contributed by atoms with E-state index in [2.05, 4.69) is 29.6 Å². The minimum absolute atomic E-state index is 0.116. The molecule has 2 aromatic carbocycles. The lowest BCUT2D eigenvalue weighted by Crippen LogP contribution is -2.30. The second-order valence-electron chi connectivity index (χ2n) is 5.23. The molecule has 0 aromatic heterocycles. The maximum atomic E-state index is 11.7. The minimum atomic E-state index is -0.614. The molecule has 2 rings (SSSR count). The molecule has 1 unspecified atom stereocenters. The van der Waals surface area contributed by atoms with E-state index in [1.54, 1.807) is 6.92 Å². The van der Waals surface area contributed by atoms with Gasteiger partial charge in [-0.15, -0.1) is 0 Å². The van der Waals surface area contributed by atoms with Crippen molar-refractivity contribution < 1.29 is 9.90 Å². The molecule has 0 spiro atoms. The van der Waals surface area contributed by atoms with Gasteiger partial charge in [-0.3, -0.25) is 4.79 Å². The molecule has 110 valence electrons. The summed E-state index contributed by atoms with van der Waals surface area (Å²) >= 11 is 0. The average molecular weight is 283 g/mol. The Morgan fingerprint density at radius 3 is 1.90 bits per heavy atom. The third-order valence-corrected chi connectivity index (χ3v) is 3.39. The smallest absolute Gasteiger partial charge is 0.222 e. The van der Waals surface area contributed by atoms with Crippen LogP contribution in [0.3, 0.4) is 0 Å². The molecule has 1 amide bonds. The highest BCUT2D eigenvalue weighted by Crippen LogP contribution is 2.23. The molecule has 0 fully saturated rings. The second kappa shape index (κ2) is 7.60. The molecule has 0 saturated carbocycles. The van der Waals surface area contributed by atoms with Gasteiger partial charge >= 0.3 is 0 Å². The van der Waals surface area contributed by atoms with E-state index >= 15 is 0 Å². The lowest BCUT2D eigenvalue weighted by Gasteiger charge is -2.19. The molecular weight excluding hydrogens is 262 g/mol. The molecule has 2 N–H and O–H groups in total. The van der Waals surface area contributed by atoms with Gasteiger partial charge in [0.25, 0.3) is 0 Å². The number of aliphatic hydroxyl groups excluding tert-OH is 1. The van der Waals surface area contributed by atoms with E-state index in [0.717, 1.165) is 0 Å². The molecule has 0 saturated heterocycles. The van der Waals surface area contributed by atoms with Crippen LogP contribution in [0.25, 0.3) is 0 Å². The maximum Gasteiger partial charge on any atom is 0.222 e. The molecule has 0 bridgehead atoms. The van der Waals surface area contributed by atoms with Crippen LogP contribution < -0.4 is 5.32 Å². The van der Waals surface area contributed by atoms with Gasteiger partial charge in [-0.05, 0) is 18.1 Å². The van der Waals surface area contributed by atoms with Crippen molar-refractivity contribution in [2.45, 2.75) is 25.4 Å². The summed E-state index contributed by atoms with van der Waals surface area (Å²) < 4.78 is 0. The van der Waals surface area contributed by atoms with Crippen molar-refractivity contribution in [1.82, 2.24) is 5.32 Å². The molecule has 0 aliphatic carbocycles. The van der Waals surface area contributed by atoms with Crippen LogP contribution in [-0.4, -0.2) is 23.7 Å². The third-order valence-electron chi connectivity index (χ3n) is 3.39. The number of hydrogen-bond acceptors (Lipinski definition) is 2. The normalized spacial score (nSPS) is 12.1. The Balaban J connectivity index is 2.12. The number of hydrogen-bond donors (Lipinski definition) is 2. The highest BCUT2D eigenvalue weighted by molar-refractivity contribution is 5.76. The zero-order valence-electron chi connectivity index (χ0n) is 12.2. The van der Waals surface area contributed by atoms with Crippen LogP contribution in [0, 0.1) is 0 Å². The Bertz CT molecular complexity index is 512. The topological polar surface area (TPSA) is 49.3 Å². The fourth-order valence-corrected chi connectivity index (χ4v) is 2.36. The minimum Gasteiger partial charge on any atom is -0.393 e. The van der Waals surface area contributed by atoms with E-state index in [1.807, 2.05) is 36.4 Å². The number of nitrogens with one attached hydrogen (secondary N) is 1. The predicted octanol–water partition coefficient (Wildman–Crippen LogP) is 2.71. The molecule has 1 atom stereocenters. The zero-order chi connectivity index (χ0) is 15.1. The second-order valence-corrected chi connectivity index (χ2v) is 5.23. The van der Waals surface area contributed by atoms with Crippen LogP contribution >= 0.6 is 0 Å². The van der Waals surface area contributed by atoms with Crippen molar-refractivity contribution in [3.05, 3.63) is 71.8 Å². The van der Waals surface area contributed by atoms with Crippen molar-refractivity contribution in [1.29, 1.82) is 0 Å². The highest BCUT2D eigenvalue weighted by atomic mass is 16.3. The van der Waals surface area contributed by atoms with E-state index < -0.39 is 6.10 Å². The summed E-state index contributed by atoms with van der Waals surface area (Å²) in [4.78, 5) is 11.7. The van der Waals surface area contributed by atoms with E-state index in [0.29, 0.717) is 6.54 Å². The number of amides is 1. The van der Waals surface area contributed by atoms with Crippen molar-refractivity contribution in [2.75, 3.05) is 6.54 Å². The van der Waals surface area contributed by atoms with Gasteiger partial charge in [0.2, 0.25) is 5.91 Å². The summed E-state index contributed by atoms with van der Waals surface area (Å²) in [5.74, 6) is -0.00721. The van der Waals surface area contributed by atoms with Gasteiger partial charge in [-0.1, -0.05) is 60.7 Å².